The number of aromatic nitrogens is 2. The normalized spacial score (nSPS) is 12.5. The second-order valence-electron chi connectivity index (χ2n) is 4.82. The summed E-state index contributed by atoms with van der Waals surface area (Å²) < 4.78 is 13.9. The fourth-order valence-corrected chi connectivity index (χ4v) is 2.86. The predicted octanol–water partition coefficient (Wildman–Crippen LogP) is 3.77. The van der Waals surface area contributed by atoms with E-state index in [1.807, 2.05) is 18.2 Å². The topological polar surface area (TPSA) is 51.8 Å². The molecular formula is C16H13BrFN3. The minimum absolute atomic E-state index is 0.229. The molecule has 2 aromatic carbocycles. The number of nitrogens with two attached hydrogens (primary N) is 1. The van der Waals surface area contributed by atoms with Crippen LogP contribution in [0.1, 0.15) is 17.2 Å². The molecule has 1 heterocycles. The van der Waals surface area contributed by atoms with Gasteiger partial charge in [-0.25, -0.2) is 4.39 Å². The number of hydrogen-bond donors (Lipinski definition) is 1. The number of hydrogen-bond acceptors (Lipinski definition) is 3. The average Bonchev–Trinajstić information content (AvgIpc) is 2.49. The van der Waals surface area contributed by atoms with Crippen LogP contribution in [0.2, 0.25) is 0 Å². The second kappa shape index (κ2) is 5.87. The van der Waals surface area contributed by atoms with Gasteiger partial charge in [0.15, 0.2) is 0 Å². The van der Waals surface area contributed by atoms with Gasteiger partial charge in [0.2, 0.25) is 0 Å². The fraction of sp³-hybridized carbons (Fsp3) is 0.125. The number of nitrogens with zero attached hydrogens (tertiary/aromatic N) is 2. The van der Waals surface area contributed by atoms with E-state index in [4.69, 9.17) is 5.73 Å². The molecule has 0 aliphatic rings. The van der Waals surface area contributed by atoms with Gasteiger partial charge < -0.3 is 5.73 Å². The van der Waals surface area contributed by atoms with Crippen LogP contribution in [0.25, 0.3) is 11.0 Å². The molecule has 0 aliphatic heterocycles. The maximum atomic E-state index is 13.1. The SMILES string of the molecule is NC(Cc1ccc(F)cc1Br)c1cccc2nccnc12. The van der Waals surface area contributed by atoms with Gasteiger partial charge in [-0.05, 0) is 35.7 Å². The Kier molecular flexibility index (Phi) is 3.94. The molecule has 3 aromatic rings. The van der Waals surface area contributed by atoms with Crippen molar-refractivity contribution in [2.45, 2.75) is 12.5 Å². The lowest BCUT2D eigenvalue weighted by Gasteiger charge is -2.15. The van der Waals surface area contributed by atoms with Crippen molar-refractivity contribution >= 4 is 27.0 Å². The molecule has 0 aliphatic carbocycles. The van der Waals surface area contributed by atoms with Crippen molar-refractivity contribution in [2.24, 2.45) is 5.73 Å². The van der Waals surface area contributed by atoms with Crippen LogP contribution >= 0.6 is 15.9 Å². The van der Waals surface area contributed by atoms with Gasteiger partial charge in [0.05, 0.1) is 11.0 Å². The highest BCUT2D eigenvalue weighted by Crippen LogP contribution is 2.26. The first-order valence-electron chi connectivity index (χ1n) is 6.54. The molecule has 3 nitrogen and oxygen atoms in total. The number of fused-ring (bicyclic) bond motifs is 1. The van der Waals surface area contributed by atoms with Crippen LogP contribution in [-0.2, 0) is 6.42 Å². The summed E-state index contributed by atoms with van der Waals surface area (Å²) in [6.07, 6.45) is 3.91. The Hall–Kier alpha value is -1.85. The van der Waals surface area contributed by atoms with Crippen LogP contribution in [0.5, 0.6) is 0 Å². The molecule has 1 aromatic heterocycles. The first-order chi connectivity index (χ1) is 10.1. The zero-order chi connectivity index (χ0) is 14.8. The summed E-state index contributed by atoms with van der Waals surface area (Å²) >= 11 is 3.37. The van der Waals surface area contributed by atoms with E-state index in [1.54, 1.807) is 18.5 Å². The van der Waals surface area contributed by atoms with E-state index in [2.05, 4.69) is 25.9 Å². The molecule has 0 bridgehead atoms. The van der Waals surface area contributed by atoms with E-state index in [-0.39, 0.29) is 11.9 Å². The lowest BCUT2D eigenvalue weighted by molar-refractivity contribution is 0.624. The number of halogens is 2. The first-order valence-corrected chi connectivity index (χ1v) is 7.33. The monoisotopic (exact) mass is 345 g/mol. The van der Waals surface area contributed by atoms with Crippen molar-refractivity contribution < 1.29 is 4.39 Å². The van der Waals surface area contributed by atoms with Crippen molar-refractivity contribution in [2.75, 3.05) is 0 Å². The Balaban J connectivity index is 1.95. The third-order valence-electron chi connectivity index (χ3n) is 3.38. The Labute approximate surface area is 130 Å². The Morgan fingerprint density at radius 2 is 1.95 bits per heavy atom. The minimum Gasteiger partial charge on any atom is -0.324 e. The zero-order valence-corrected chi connectivity index (χ0v) is 12.7. The summed E-state index contributed by atoms with van der Waals surface area (Å²) in [5.74, 6) is -0.268. The van der Waals surface area contributed by atoms with Crippen LogP contribution in [-0.4, -0.2) is 9.97 Å². The standard InChI is InChI=1S/C16H13BrFN3/c17-13-9-11(18)5-4-10(13)8-14(19)12-2-1-3-15-16(12)21-7-6-20-15/h1-7,9,14H,8,19H2. The van der Waals surface area contributed by atoms with Crippen molar-refractivity contribution in [1.82, 2.24) is 9.97 Å². The maximum Gasteiger partial charge on any atom is 0.124 e. The largest absolute Gasteiger partial charge is 0.324 e. The quantitative estimate of drug-likeness (QED) is 0.785. The summed E-state index contributed by atoms with van der Waals surface area (Å²) in [5, 5.41) is 0. The molecule has 0 amide bonds. The number of para-hydroxylation sites is 1. The predicted molar refractivity (Wildman–Crippen MR) is 84.3 cm³/mol. The lowest BCUT2D eigenvalue weighted by Crippen LogP contribution is -2.14. The molecular weight excluding hydrogens is 333 g/mol. The van der Waals surface area contributed by atoms with Crippen LogP contribution in [0.3, 0.4) is 0 Å². The summed E-state index contributed by atoms with van der Waals surface area (Å²) in [6, 6.07) is 10.2. The van der Waals surface area contributed by atoms with E-state index in [0.717, 1.165) is 26.6 Å². The summed E-state index contributed by atoms with van der Waals surface area (Å²) in [7, 11) is 0. The van der Waals surface area contributed by atoms with E-state index in [1.165, 1.54) is 12.1 Å². The summed E-state index contributed by atoms with van der Waals surface area (Å²) in [5.41, 5.74) is 9.86. The van der Waals surface area contributed by atoms with Crippen LogP contribution < -0.4 is 5.73 Å². The van der Waals surface area contributed by atoms with Gasteiger partial charge in [-0.2, -0.15) is 0 Å². The highest BCUT2D eigenvalue weighted by atomic mass is 79.9. The van der Waals surface area contributed by atoms with E-state index >= 15 is 0 Å². The van der Waals surface area contributed by atoms with Gasteiger partial charge in [0.1, 0.15) is 5.82 Å². The molecule has 0 saturated carbocycles. The number of benzene rings is 2. The highest BCUT2D eigenvalue weighted by molar-refractivity contribution is 9.10. The van der Waals surface area contributed by atoms with Crippen LogP contribution in [0, 0.1) is 5.82 Å². The minimum atomic E-state index is -0.268. The lowest BCUT2D eigenvalue weighted by atomic mass is 9.98. The third-order valence-corrected chi connectivity index (χ3v) is 4.12. The molecule has 21 heavy (non-hydrogen) atoms. The molecule has 0 radical (unpaired) electrons. The smallest absolute Gasteiger partial charge is 0.124 e. The van der Waals surface area contributed by atoms with Crippen LogP contribution in [0.15, 0.2) is 53.3 Å². The average molecular weight is 346 g/mol. The van der Waals surface area contributed by atoms with Crippen molar-refractivity contribution in [3.63, 3.8) is 0 Å². The highest BCUT2D eigenvalue weighted by Gasteiger charge is 2.13. The summed E-state index contributed by atoms with van der Waals surface area (Å²) in [6.45, 7) is 0. The fourth-order valence-electron chi connectivity index (χ4n) is 2.35. The van der Waals surface area contributed by atoms with Gasteiger partial charge in [-0.15, -0.1) is 0 Å². The molecule has 0 spiro atoms. The van der Waals surface area contributed by atoms with Crippen molar-refractivity contribution in [1.29, 1.82) is 0 Å². The Bertz CT molecular complexity index is 786. The van der Waals surface area contributed by atoms with E-state index in [0.29, 0.717) is 6.42 Å². The van der Waals surface area contributed by atoms with Gasteiger partial charge in [0, 0.05) is 22.9 Å². The molecule has 0 saturated heterocycles. The Morgan fingerprint density at radius 1 is 1.14 bits per heavy atom. The van der Waals surface area contributed by atoms with Crippen LogP contribution in [0.4, 0.5) is 4.39 Å². The molecule has 1 unspecified atom stereocenters. The van der Waals surface area contributed by atoms with E-state index < -0.39 is 0 Å². The molecule has 3 rings (SSSR count). The molecule has 0 fully saturated rings. The Morgan fingerprint density at radius 3 is 2.76 bits per heavy atom. The van der Waals surface area contributed by atoms with Gasteiger partial charge in [-0.3, -0.25) is 9.97 Å². The van der Waals surface area contributed by atoms with E-state index in [9.17, 15) is 4.39 Å². The third kappa shape index (κ3) is 2.94. The van der Waals surface area contributed by atoms with Gasteiger partial charge in [0.25, 0.3) is 0 Å². The summed E-state index contributed by atoms with van der Waals surface area (Å²) in [4.78, 5) is 8.65. The molecule has 106 valence electrons. The first kappa shape index (κ1) is 14.1. The molecule has 2 N–H and O–H groups in total. The number of rotatable bonds is 3. The van der Waals surface area contributed by atoms with Crippen molar-refractivity contribution in [3.05, 3.63) is 70.2 Å². The molecule has 5 heteroatoms. The maximum absolute atomic E-state index is 13.1. The van der Waals surface area contributed by atoms with Gasteiger partial charge in [-0.1, -0.05) is 34.1 Å². The molecule has 1 atom stereocenters. The second-order valence-corrected chi connectivity index (χ2v) is 5.67. The van der Waals surface area contributed by atoms with Gasteiger partial charge >= 0.3 is 0 Å². The van der Waals surface area contributed by atoms with Crippen molar-refractivity contribution in [3.8, 4) is 0 Å². The zero-order valence-electron chi connectivity index (χ0n) is 11.1.